The molecular weight excluding hydrogens is 478 g/mol. The number of nitrogens with one attached hydrogen (secondary N) is 1. The number of carbonyl (C=O) groups is 1. The quantitative estimate of drug-likeness (QED) is 0.212. The number of hydrogen-bond acceptors (Lipinski definition) is 5. The van der Waals surface area contributed by atoms with Crippen LogP contribution in [0.4, 0.5) is 0 Å². The van der Waals surface area contributed by atoms with Crippen LogP contribution in [0, 0.1) is 32.1 Å². The fourth-order valence-corrected chi connectivity index (χ4v) is 4.60. The molecule has 8 nitrogen and oxygen atoms in total. The third kappa shape index (κ3) is 4.82. The molecule has 0 radical (unpaired) electrons. The molecule has 0 spiro atoms. The minimum atomic E-state index is -0.465. The molecule has 190 valence electrons. The second kappa shape index (κ2) is 10.5. The van der Waals surface area contributed by atoms with Crippen molar-refractivity contribution in [2.75, 3.05) is 0 Å². The SMILES string of the molecule is Cc1ccc(C)n1-c1ccc(OCc2ccc(C(=O)N/N=C/c3c(C)n(CC#N)c4ccccc34)o2)cc1. The third-order valence-electron chi connectivity index (χ3n) is 6.50. The summed E-state index contributed by atoms with van der Waals surface area (Å²) in [6, 6.07) is 25.3. The predicted molar refractivity (Wildman–Crippen MR) is 146 cm³/mol. The van der Waals surface area contributed by atoms with Crippen LogP contribution in [0.15, 0.2) is 82.3 Å². The van der Waals surface area contributed by atoms with Gasteiger partial charge in [-0.25, -0.2) is 5.43 Å². The molecule has 3 aromatic heterocycles. The molecule has 0 atom stereocenters. The first kappa shape index (κ1) is 24.7. The minimum absolute atomic E-state index is 0.137. The van der Waals surface area contributed by atoms with E-state index in [2.05, 4.69) is 47.1 Å². The van der Waals surface area contributed by atoms with Crippen LogP contribution in [0.3, 0.4) is 0 Å². The number of hydrogen-bond donors (Lipinski definition) is 1. The van der Waals surface area contributed by atoms with Crippen LogP contribution in [0.5, 0.6) is 5.75 Å². The summed E-state index contributed by atoms with van der Waals surface area (Å²) in [5, 5.41) is 14.3. The molecule has 0 aliphatic heterocycles. The lowest BCUT2D eigenvalue weighted by Crippen LogP contribution is -2.16. The van der Waals surface area contributed by atoms with Gasteiger partial charge in [0.05, 0.1) is 12.3 Å². The minimum Gasteiger partial charge on any atom is -0.486 e. The summed E-state index contributed by atoms with van der Waals surface area (Å²) in [5.74, 6) is 0.899. The number of carbonyl (C=O) groups excluding carboxylic acids is 1. The van der Waals surface area contributed by atoms with E-state index in [0.717, 1.165) is 27.8 Å². The van der Waals surface area contributed by atoms with Gasteiger partial charge in [-0.05, 0) is 75.4 Å². The largest absolute Gasteiger partial charge is 0.486 e. The molecule has 8 heteroatoms. The van der Waals surface area contributed by atoms with Crippen molar-refractivity contribution >= 4 is 23.0 Å². The highest BCUT2D eigenvalue weighted by Gasteiger charge is 2.14. The molecule has 5 rings (SSSR count). The van der Waals surface area contributed by atoms with Gasteiger partial charge in [-0.15, -0.1) is 0 Å². The molecule has 5 aromatic rings. The number of furan rings is 1. The lowest BCUT2D eigenvalue weighted by molar-refractivity contribution is 0.0923. The van der Waals surface area contributed by atoms with Crippen LogP contribution < -0.4 is 10.2 Å². The lowest BCUT2D eigenvalue weighted by atomic mass is 10.1. The van der Waals surface area contributed by atoms with E-state index in [9.17, 15) is 10.1 Å². The number of nitriles is 1. The number of rotatable bonds is 8. The van der Waals surface area contributed by atoms with Gasteiger partial charge >= 0.3 is 5.91 Å². The number of benzene rings is 2. The standard InChI is InChI=1S/C30H27N5O3/c1-20-8-9-21(2)35(20)23-10-12-24(13-11-23)37-19-25-14-15-29(38-25)30(36)33-32-18-27-22(3)34(17-16-31)28-7-5-4-6-26(27)28/h4-15,18H,17,19H2,1-3H3,(H,33,36)/b32-18+. The van der Waals surface area contributed by atoms with Gasteiger partial charge in [-0.3, -0.25) is 4.79 Å². The van der Waals surface area contributed by atoms with Crippen molar-refractivity contribution in [1.82, 2.24) is 14.6 Å². The number of amides is 1. The van der Waals surface area contributed by atoms with Crippen molar-refractivity contribution in [1.29, 1.82) is 5.26 Å². The Bertz CT molecular complexity index is 1660. The number of aromatic nitrogens is 2. The van der Waals surface area contributed by atoms with E-state index in [1.165, 1.54) is 11.4 Å². The predicted octanol–water partition coefficient (Wildman–Crippen LogP) is 5.82. The highest BCUT2D eigenvalue weighted by Crippen LogP contribution is 2.24. The van der Waals surface area contributed by atoms with Gasteiger partial charge in [0.15, 0.2) is 5.76 Å². The molecular formula is C30H27N5O3. The van der Waals surface area contributed by atoms with Crippen LogP contribution in [0.2, 0.25) is 0 Å². The Balaban J connectivity index is 1.20. The molecule has 0 bridgehead atoms. The first-order valence-electron chi connectivity index (χ1n) is 12.2. The van der Waals surface area contributed by atoms with Crippen LogP contribution in [0.1, 0.15) is 39.0 Å². The average Bonchev–Trinajstić information content (AvgIpc) is 3.61. The number of ether oxygens (including phenoxy) is 1. The van der Waals surface area contributed by atoms with Gasteiger partial charge in [0.1, 0.15) is 24.7 Å². The van der Waals surface area contributed by atoms with Gasteiger partial charge < -0.3 is 18.3 Å². The molecule has 0 aliphatic carbocycles. The molecule has 38 heavy (non-hydrogen) atoms. The Labute approximate surface area is 220 Å². The van der Waals surface area contributed by atoms with E-state index in [1.807, 2.05) is 60.0 Å². The topological polar surface area (TPSA) is 97.5 Å². The Kier molecular flexibility index (Phi) is 6.83. The number of nitrogens with zero attached hydrogens (tertiary/aromatic N) is 4. The molecule has 2 aromatic carbocycles. The lowest BCUT2D eigenvalue weighted by Gasteiger charge is -2.10. The normalized spacial score (nSPS) is 11.2. The first-order chi connectivity index (χ1) is 18.5. The van der Waals surface area contributed by atoms with Crippen molar-refractivity contribution < 1.29 is 13.9 Å². The van der Waals surface area contributed by atoms with E-state index in [4.69, 9.17) is 9.15 Å². The van der Waals surface area contributed by atoms with E-state index in [0.29, 0.717) is 11.5 Å². The molecule has 0 saturated heterocycles. The van der Waals surface area contributed by atoms with E-state index >= 15 is 0 Å². The van der Waals surface area contributed by atoms with Crippen molar-refractivity contribution in [3.05, 3.63) is 107 Å². The van der Waals surface area contributed by atoms with Crippen molar-refractivity contribution in [3.8, 4) is 17.5 Å². The second-order valence-corrected chi connectivity index (χ2v) is 8.96. The van der Waals surface area contributed by atoms with E-state index in [-0.39, 0.29) is 18.9 Å². The molecule has 0 saturated carbocycles. The Morgan fingerprint density at radius 2 is 1.76 bits per heavy atom. The molecule has 0 unspecified atom stereocenters. The smallest absolute Gasteiger partial charge is 0.307 e. The first-order valence-corrected chi connectivity index (χ1v) is 12.2. The zero-order valence-electron chi connectivity index (χ0n) is 21.4. The van der Waals surface area contributed by atoms with Gasteiger partial charge in [0.25, 0.3) is 0 Å². The zero-order valence-corrected chi connectivity index (χ0v) is 21.4. The molecule has 1 N–H and O–H groups in total. The van der Waals surface area contributed by atoms with E-state index < -0.39 is 5.91 Å². The maximum atomic E-state index is 12.6. The second-order valence-electron chi connectivity index (χ2n) is 8.96. The van der Waals surface area contributed by atoms with Gasteiger partial charge in [-0.2, -0.15) is 10.4 Å². The maximum Gasteiger partial charge on any atom is 0.307 e. The molecule has 0 fully saturated rings. The van der Waals surface area contributed by atoms with Crippen molar-refractivity contribution in [2.45, 2.75) is 33.9 Å². The van der Waals surface area contributed by atoms with Crippen molar-refractivity contribution in [2.24, 2.45) is 5.10 Å². The highest BCUT2D eigenvalue weighted by atomic mass is 16.5. The van der Waals surface area contributed by atoms with E-state index in [1.54, 1.807) is 18.3 Å². The highest BCUT2D eigenvalue weighted by molar-refractivity contribution is 6.01. The fourth-order valence-electron chi connectivity index (χ4n) is 4.60. The molecule has 1 amide bonds. The number of hydrazone groups is 1. The summed E-state index contributed by atoms with van der Waals surface area (Å²) < 4.78 is 15.6. The molecule has 0 aliphatic rings. The van der Waals surface area contributed by atoms with Gasteiger partial charge in [0.2, 0.25) is 0 Å². The Morgan fingerprint density at radius 3 is 2.50 bits per heavy atom. The Hall–Kier alpha value is -5.03. The Morgan fingerprint density at radius 1 is 1.03 bits per heavy atom. The monoisotopic (exact) mass is 505 g/mol. The summed E-state index contributed by atoms with van der Waals surface area (Å²) in [5.41, 5.74) is 8.61. The fraction of sp³-hybridized carbons (Fsp3) is 0.167. The van der Waals surface area contributed by atoms with Crippen molar-refractivity contribution in [3.63, 3.8) is 0 Å². The molecule has 3 heterocycles. The van der Waals surface area contributed by atoms with Gasteiger partial charge in [-0.1, -0.05) is 18.2 Å². The summed E-state index contributed by atoms with van der Waals surface area (Å²) in [6.07, 6.45) is 1.59. The third-order valence-corrected chi connectivity index (χ3v) is 6.50. The summed E-state index contributed by atoms with van der Waals surface area (Å²) >= 11 is 0. The summed E-state index contributed by atoms with van der Waals surface area (Å²) in [7, 11) is 0. The number of aryl methyl sites for hydroxylation is 2. The summed E-state index contributed by atoms with van der Waals surface area (Å²) in [4.78, 5) is 12.6. The van der Waals surface area contributed by atoms with Crippen LogP contribution in [0.25, 0.3) is 16.6 Å². The van der Waals surface area contributed by atoms with Crippen LogP contribution >= 0.6 is 0 Å². The van der Waals surface area contributed by atoms with Crippen LogP contribution in [-0.2, 0) is 13.2 Å². The zero-order chi connectivity index (χ0) is 26.6. The summed E-state index contributed by atoms with van der Waals surface area (Å²) in [6.45, 7) is 6.50. The average molecular weight is 506 g/mol. The maximum absolute atomic E-state index is 12.6. The number of fused-ring (bicyclic) bond motifs is 1. The van der Waals surface area contributed by atoms with Crippen LogP contribution in [-0.4, -0.2) is 21.3 Å². The van der Waals surface area contributed by atoms with Gasteiger partial charge in [0, 0.05) is 39.2 Å². The number of para-hydroxylation sites is 1.